The summed E-state index contributed by atoms with van der Waals surface area (Å²) in [6.07, 6.45) is 41.8. The van der Waals surface area contributed by atoms with Gasteiger partial charge in [0, 0.05) is 6.54 Å². The molecule has 0 aliphatic rings. The largest absolute Gasteiger partial charge is 0.481 e. The summed E-state index contributed by atoms with van der Waals surface area (Å²) < 4.78 is 0. The number of nitrogens with one attached hydrogen (secondary N) is 1. The Morgan fingerprint density at radius 2 is 0.881 bits per heavy atom. The van der Waals surface area contributed by atoms with E-state index in [1.54, 1.807) is 0 Å². The van der Waals surface area contributed by atoms with Gasteiger partial charge in [-0.3, -0.25) is 9.59 Å². The van der Waals surface area contributed by atoms with E-state index in [0.29, 0.717) is 13.0 Å². The maximum absolute atomic E-state index is 12.6. The number of rotatable bonds is 34. The lowest BCUT2D eigenvalue weighted by molar-refractivity contribution is -0.141. The van der Waals surface area contributed by atoms with Gasteiger partial charge in [0.15, 0.2) is 0 Å². The number of hydrogen-bond donors (Lipinski definition) is 2. The molecule has 4 nitrogen and oxygen atoms in total. The van der Waals surface area contributed by atoms with Crippen LogP contribution >= 0.6 is 0 Å². The van der Waals surface area contributed by atoms with Gasteiger partial charge < -0.3 is 10.4 Å². The normalized spacial score (nSPS) is 12.2. The van der Waals surface area contributed by atoms with Crippen molar-refractivity contribution in [2.45, 2.75) is 206 Å². The predicted octanol–water partition coefficient (Wildman–Crippen LogP) is 12.1. The lowest BCUT2D eigenvalue weighted by atomic mass is 9.99. The van der Waals surface area contributed by atoms with Gasteiger partial charge in [-0.2, -0.15) is 0 Å². The first kappa shape index (κ1) is 40.7. The topological polar surface area (TPSA) is 66.4 Å². The van der Waals surface area contributed by atoms with Gasteiger partial charge >= 0.3 is 5.97 Å². The van der Waals surface area contributed by atoms with E-state index in [1.807, 2.05) is 6.08 Å². The number of allylic oxidation sites excluding steroid dienone is 2. The highest BCUT2D eigenvalue weighted by molar-refractivity contribution is 5.83. The molecule has 0 spiro atoms. The molecule has 0 aromatic carbocycles. The number of hydrogen-bond acceptors (Lipinski definition) is 2. The second-order valence-electron chi connectivity index (χ2n) is 12.9. The molecule has 0 heterocycles. The summed E-state index contributed by atoms with van der Waals surface area (Å²) in [4.78, 5) is 23.9. The Balaban J connectivity index is 3.67. The Bertz CT molecular complexity index is 603. The molecule has 0 rings (SSSR count). The van der Waals surface area contributed by atoms with E-state index in [9.17, 15) is 14.7 Å². The third-order valence-electron chi connectivity index (χ3n) is 8.68. The van der Waals surface area contributed by atoms with Crippen LogP contribution in [0.3, 0.4) is 0 Å². The van der Waals surface area contributed by atoms with E-state index < -0.39 is 11.9 Å². The first-order valence-corrected chi connectivity index (χ1v) is 18.8. The molecule has 0 aromatic heterocycles. The average Bonchev–Trinajstić information content (AvgIpc) is 2.98. The molecule has 2 N–H and O–H groups in total. The van der Waals surface area contributed by atoms with E-state index in [0.717, 1.165) is 19.3 Å². The van der Waals surface area contributed by atoms with Gasteiger partial charge in [-0.05, 0) is 25.7 Å². The van der Waals surface area contributed by atoms with Crippen LogP contribution in [-0.2, 0) is 9.59 Å². The van der Waals surface area contributed by atoms with Crippen LogP contribution in [0.5, 0.6) is 0 Å². The Morgan fingerprint density at radius 1 is 0.524 bits per heavy atom. The molecule has 1 amide bonds. The van der Waals surface area contributed by atoms with Crippen molar-refractivity contribution in [3.8, 4) is 0 Å². The van der Waals surface area contributed by atoms with E-state index in [-0.39, 0.29) is 12.3 Å². The molecule has 0 aromatic rings. The number of carboxylic acid groups (broad SMARTS) is 1. The standard InChI is InChI=1S/C38H73NO3/c1-3-5-7-9-11-13-15-17-19-20-22-24-26-28-30-32-34-39-38(42)36(35-37(40)41)33-31-29-27-25-23-21-18-16-14-12-10-8-6-4-2/h29,31,36H,3-28,30,32-35H2,1-2H3,(H,39,42)(H,40,41)/b31-29+. The van der Waals surface area contributed by atoms with Crippen molar-refractivity contribution >= 4 is 11.9 Å². The number of carbonyl (C=O) groups is 2. The van der Waals surface area contributed by atoms with Gasteiger partial charge in [0.2, 0.25) is 5.91 Å². The molecule has 0 aliphatic heterocycles. The van der Waals surface area contributed by atoms with Crippen LogP contribution in [0.25, 0.3) is 0 Å². The van der Waals surface area contributed by atoms with Crippen LogP contribution in [-0.4, -0.2) is 23.5 Å². The molecular weight excluding hydrogens is 518 g/mol. The van der Waals surface area contributed by atoms with Crippen molar-refractivity contribution in [3.63, 3.8) is 0 Å². The smallest absolute Gasteiger partial charge is 0.304 e. The molecule has 0 bridgehead atoms. The second kappa shape index (κ2) is 34.2. The Labute approximate surface area is 262 Å². The van der Waals surface area contributed by atoms with Crippen molar-refractivity contribution in [2.24, 2.45) is 5.92 Å². The molecule has 42 heavy (non-hydrogen) atoms. The van der Waals surface area contributed by atoms with Crippen LogP contribution in [0.4, 0.5) is 0 Å². The zero-order valence-electron chi connectivity index (χ0n) is 28.4. The third kappa shape index (κ3) is 31.6. The molecule has 0 saturated carbocycles. The fourth-order valence-electron chi connectivity index (χ4n) is 5.83. The number of aliphatic carboxylic acids is 1. The Hall–Kier alpha value is -1.32. The molecule has 0 radical (unpaired) electrons. The van der Waals surface area contributed by atoms with Gasteiger partial charge in [0.05, 0.1) is 12.3 Å². The second-order valence-corrected chi connectivity index (χ2v) is 12.9. The summed E-state index contributed by atoms with van der Waals surface area (Å²) in [5, 5.41) is 12.3. The summed E-state index contributed by atoms with van der Waals surface area (Å²) in [7, 11) is 0. The first-order chi connectivity index (χ1) is 20.6. The summed E-state index contributed by atoms with van der Waals surface area (Å²) >= 11 is 0. The minimum Gasteiger partial charge on any atom is -0.481 e. The maximum Gasteiger partial charge on any atom is 0.304 e. The number of carbonyl (C=O) groups excluding carboxylic acids is 1. The quantitative estimate of drug-likeness (QED) is 0.0577. The van der Waals surface area contributed by atoms with E-state index in [1.165, 1.54) is 161 Å². The molecule has 1 atom stereocenters. The van der Waals surface area contributed by atoms with Crippen LogP contribution in [0, 0.1) is 5.92 Å². The van der Waals surface area contributed by atoms with Crippen LogP contribution in [0.2, 0.25) is 0 Å². The van der Waals surface area contributed by atoms with E-state index >= 15 is 0 Å². The number of unbranched alkanes of at least 4 members (excludes halogenated alkanes) is 26. The van der Waals surface area contributed by atoms with Gasteiger partial charge in [-0.15, -0.1) is 0 Å². The summed E-state index contributed by atoms with van der Waals surface area (Å²) in [5.74, 6) is -1.45. The molecular formula is C38H73NO3. The minimum absolute atomic E-state index is 0.0897. The summed E-state index contributed by atoms with van der Waals surface area (Å²) in [6.45, 7) is 5.21. The highest BCUT2D eigenvalue weighted by Gasteiger charge is 2.19. The van der Waals surface area contributed by atoms with Crippen molar-refractivity contribution < 1.29 is 14.7 Å². The lowest BCUT2D eigenvalue weighted by Crippen LogP contribution is -2.32. The fraction of sp³-hybridized carbons (Fsp3) is 0.895. The van der Waals surface area contributed by atoms with Gasteiger partial charge in [0.1, 0.15) is 0 Å². The minimum atomic E-state index is -0.892. The monoisotopic (exact) mass is 592 g/mol. The molecule has 0 saturated heterocycles. The highest BCUT2D eigenvalue weighted by Crippen LogP contribution is 2.15. The average molecular weight is 592 g/mol. The number of carboxylic acids is 1. The molecule has 1 unspecified atom stereocenters. The first-order valence-electron chi connectivity index (χ1n) is 18.8. The van der Waals surface area contributed by atoms with Gasteiger partial charge in [0.25, 0.3) is 0 Å². The Morgan fingerprint density at radius 3 is 1.26 bits per heavy atom. The lowest BCUT2D eigenvalue weighted by Gasteiger charge is -2.13. The van der Waals surface area contributed by atoms with Gasteiger partial charge in [-0.25, -0.2) is 0 Å². The van der Waals surface area contributed by atoms with Crippen molar-refractivity contribution in [2.75, 3.05) is 6.54 Å². The summed E-state index contributed by atoms with van der Waals surface area (Å²) in [6, 6.07) is 0. The van der Waals surface area contributed by atoms with Crippen LogP contribution in [0.15, 0.2) is 12.2 Å². The SMILES string of the molecule is CCCCCCCCCCCCC/C=C/CC(CC(=O)O)C(=O)NCCCCCCCCCCCCCCCCCC. The zero-order chi connectivity index (χ0) is 30.8. The highest BCUT2D eigenvalue weighted by atomic mass is 16.4. The van der Waals surface area contributed by atoms with Crippen LogP contribution < -0.4 is 5.32 Å². The third-order valence-corrected chi connectivity index (χ3v) is 8.68. The molecule has 248 valence electrons. The van der Waals surface area contributed by atoms with Crippen molar-refractivity contribution in [3.05, 3.63) is 12.2 Å². The van der Waals surface area contributed by atoms with Gasteiger partial charge in [-0.1, -0.05) is 187 Å². The zero-order valence-corrected chi connectivity index (χ0v) is 28.4. The fourth-order valence-corrected chi connectivity index (χ4v) is 5.83. The molecule has 4 heteroatoms. The van der Waals surface area contributed by atoms with Crippen LogP contribution in [0.1, 0.15) is 206 Å². The number of amides is 1. The molecule has 0 fully saturated rings. The molecule has 0 aliphatic carbocycles. The predicted molar refractivity (Wildman–Crippen MR) is 183 cm³/mol. The van der Waals surface area contributed by atoms with Crippen molar-refractivity contribution in [1.29, 1.82) is 0 Å². The van der Waals surface area contributed by atoms with Crippen molar-refractivity contribution in [1.82, 2.24) is 5.32 Å². The van der Waals surface area contributed by atoms with E-state index in [4.69, 9.17) is 0 Å². The maximum atomic E-state index is 12.6. The Kier molecular flexibility index (Phi) is 33.1. The van der Waals surface area contributed by atoms with E-state index in [2.05, 4.69) is 25.2 Å². The summed E-state index contributed by atoms with van der Waals surface area (Å²) in [5.41, 5.74) is 0.